The van der Waals surface area contributed by atoms with E-state index in [9.17, 15) is 9.59 Å². The van der Waals surface area contributed by atoms with Crippen molar-refractivity contribution < 1.29 is 14.7 Å². The van der Waals surface area contributed by atoms with Gasteiger partial charge >= 0.3 is 5.97 Å². The van der Waals surface area contributed by atoms with Crippen LogP contribution in [0.4, 0.5) is 5.69 Å². The third kappa shape index (κ3) is 3.29. The summed E-state index contributed by atoms with van der Waals surface area (Å²) in [4.78, 5) is 24.9. The summed E-state index contributed by atoms with van der Waals surface area (Å²) in [6.07, 6.45) is 0.845. The minimum Gasteiger partial charge on any atom is -0.478 e. The molecule has 2 N–H and O–H groups in total. The minimum absolute atomic E-state index is 0.0499. The summed E-state index contributed by atoms with van der Waals surface area (Å²) in [5, 5.41) is 12.0. The lowest BCUT2D eigenvalue weighted by Crippen LogP contribution is -2.45. The van der Waals surface area contributed by atoms with Crippen molar-refractivity contribution in [1.82, 2.24) is 5.32 Å². The van der Waals surface area contributed by atoms with Gasteiger partial charge in [0.2, 0.25) is 5.91 Å². The zero-order valence-corrected chi connectivity index (χ0v) is 12.1. The Morgan fingerprint density at radius 1 is 1.35 bits per heavy atom. The fourth-order valence-corrected chi connectivity index (χ4v) is 2.37. The zero-order chi connectivity index (χ0) is 14.9. The van der Waals surface area contributed by atoms with Gasteiger partial charge in [0, 0.05) is 17.8 Å². The van der Waals surface area contributed by atoms with Crippen LogP contribution in [-0.2, 0) is 11.2 Å². The first-order valence-corrected chi connectivity index (χ1v) is 6.68. The second kappa shape index (κ2) is 5.15. The third-order valence-corrected chi connectivity index (χ3v) is 3.17. The van der Waals surface area contributed by atoms with Crippen molar-refractivity contribution >= 4 is 17.6 Å². The number of nitrogens with zero attached hydrogens (tertiary/aromatic N) is 1. The molecule has 1 aromatic rings. The maximum atomic E-state index is 12.0. The number of carbonyl (C=O) groups is 2. The Labute approximate surface area is 118 Å². The minimum atomic E-state index is -0.946. The van der Waals surface area contributed by atoms with Gasteiger partial charge in [0.25, 0.3) is 0 Å². The highest BCUT2D eigenvalue weighted by Gasteiger charge is 2.23. The molecule has 0 fully saturated rings. The van der Waals surface area contributed by atoms with Crippen LogP contribution >= 0.6 is 0 Å². The van der Waals surface area contributed by atoms with Crippen molar-refractivity contribution in [2.24, 2.45) is 0 Å². The molecule has 1 heterocycles. The van der Waals surface area contributed by atoms with Crippen LogP contribution < -0.4 is 10.2 Å². The average molecular weight is 276 g/mol. The number of nitrogens with one attached hydrogen (secondary N) is 1. The molecule has 1 aliphatic rings. The molecule has 0 aliphatic carbocycles. The molecule has 5 heteroatoms. The summed E-state index contributed by atoms with van der Waals surface area (Å²) in [6.45, 7) is 6.81. The van der Waals surface area contributed by atoms with Gasteiger partial charge in [0.05, 0.1) is 12.1 Å². The number of hydrogen-bond donors (Lipinski definition) is 2. The molecule has 2 rings (SSSR count). The second-order valence-electron chi connectivity index (χ2n) is 6.12. The van der Waals surface area contributed by atoms with Crippen molar-refractivity contribution in [2.75, 3.05) is 18.0 Å². The van der Waals surface area contributed by atoms with E-state index >= 15 is 0 Å². The lowest BCUT2D eigenvalue weighted by atomic mass is 10.1. The first-order valence-electron chi connectivity index (χ1n) is 6.68. The number of amides is 1. The van der Waals surface area contributed by atoms with E-state index in [0.29, 0.717) is 0 Å². The number of hydrogen-bond acceptors (Lipinski definition) is 3. The van der Waals surface area contributed by atoms with Gasteiger partial charge in [0.1, 0.15) is 0 Å². The Balaban J connectivity index is 2.13. The number of anilines is 1. The molecule has 1 aliphatic heterocycles. The number of rotatable bonds is 3. The first kappa shape index (κ1) is 14.4. The molecule has 0 atom stereocenters. The van der Waals surface area contributed by atoms with Crippen LogP contribution in [0.2, 0.25) is 0 Å². The quantitative estimate of drug-likeness (QED) is 0.881. The maximum absolute atomic E-state index is 12.0. The molecule has 5 nitrogen and oxygen atoms in total. The predicted octanol–water partition coefficient (Wildman–Crippen LogP) is 1.66. The van der Waals surface area contributed by atoms with Crippen molar-refractivity contribution in [1.29, 1.82) is 0 Å². The molecule has 1 amide bonds. The Bertz CT molecular complexity index is 547. The lowest BCUT2D eigenvalue weighted by Gasteiger charge is -2.24. The topological polar surface area (TPSA) is 69.6 Å². The average Bonchev–Trinajstić information content (AvgIpc) is 2.69. The maximum Gasteiger partial charge on any atom is 0.335 e. The molecule has 0 saturated heterocycles. The standard InChI is InChI=1S/C15H20N2O3/c1-15(2,3)16-13(18)9-17-7-6-10-4-5-11(14(19)20)8-12(10)17/h4-5,8H,6-7,9H2,1-3H3,(H,16,18)(H,19,20). The van der Waals surface area contributed by atoms with Crippen molar-refractivity contribution in [3.63, 3.8) is 0 Å². The van der Waals surface area contributed by atoms with Crippen LogP contribution in [0.25, 0.3) is 0 Å². The first-order chi connectivity index (χ1) is 9.26. The van der Waals surface area contributed by atoms with E-state index in [4.69, 9.17) is 5.11 Å². The van der Waals surface area contributed by atoms with Crippen LogP contribution in [0.5, 0.6) is 0 Å². The van der Waals surface area contributed by atoms with Gasteiger partial charge in [0.15, 0.2) is 0 Å². The molecule has 0 spiro atoms. The van der Waals surface area contributed by atoms with E-state index in [1.807, 2.05) is 31.7 Å². The van der Waals surface area contributed by atoms with Crippen LogP contribution in [-0.4, -0.2) is 35.6 Å². The van der Waals surface area contributed by atoms with Gasteiger partial charge in [-0.1, -0.05) is 6.07 Å². The molecule has 0 bridgehead atoms. The number of carbonyl (C=O) groups excluding carboxylic acids is 1. The molecule has 1 aromatic carbocycles. The molecule has 108 valence electrons. The molecule has 0 radical (unpaired) electrons. The summed E-state index contributed by atoms with van der Waals surface area (Å²) in [5.74, 6) is -0.995. The van der Waals surface area contributed by atoms with Gasteiger partial charge in [-0.05, 0) is 44.9 Å². The predicted molar refractivity (Wildman–Crippen MR) is 77.2 cm³/mol. The Morgan fingerprint density at radius 3 is 2.65 bits per heavy atom. The number of benzene rings is 1. The summed E-state index contributed by atoms with van der Waals surface area (Å²) in [6, 6.07) is 5.09. The fraction of sp³-hybridized carbons (Fsp3) is 0.467. The zero-order valence-electron chi connectivity index (χ0n) is 12.1. The SMILES string of the molecule is CC(C)(C)NC(=O)CN1CCc2ccc(C(=O)O)cc21. The molecule has 20 heavy (non-hydrogen) atoms. The molecule has 0 unspecified atom stereocenters. The number of fused-ring (bicyclic) bond motifs is 1. The van der Waals surface area contributed by atoms with Gasteiger partial charge in [-0.3, -0.25) is 4.79 Å². The Hall–Kier alpha value is -2.04. The summed E-state index contributed by atoms with van der Waals surface area (Å²) >= 11 is 0. The van der Waals surface area contributed by atoms with Crippen molar-refractivity contribution in [2.45, 2.75) is 32.7 Å². The monoisotopic (exact) mass is 276 g/mol. The normalized spacial score (nSPS) is 14.1. The number of carboxylic acid groups (broad SMARTS) is 1. The van der Waals surface area contributed by atoms with E-state index in [-0.39, 0.29) is 23.6 Å². The molecule has 0 saturated carbocycles. The van der Waals surface area contributed by atoms with Crippen LogP contribution in [0.1, 0.15) is 36.7 Å². The number of aromatic carboxylic acids is 1. The highest BCUT2D eigenvalue weighted by atomic mass is 16.4. The van der Waals surface area contributed by atoms with Crippen molar-refractivity contribution in [3.8, 4) is 0 Å². The Kier molecular flexibility index (Phi) is 3.70. The van der Waals surface area contributed by atoms with Gasteiger partial charge in [-0.15, -0.1) is 0 Å². The van der Waals surface area contributed by atoms with Crippen LogP contribution in [0.3, 0.4) is 0 Å². The van der Waals surface area contributed by atoms with E-state index in [1.54, 1.807) is 12.1 Å². The number of carboxylic acids is 1. The van der Waals surface area contributed by atoms with E-state index in [0.717, 1.165) is 24.2 Å². The Morgan fingerprint density at radius 2 is 2.05 bits per heavy atom. The molecular weight excluding hydrogens is 256 g/mol. The van der Waals surface area contributed by atoms with Gasteiger partial charge < -0.3 is 15.3 Å². The summed E-state index contributed by atoms with van der Waals surface area (Å²) in [5.41, 5.74) is 1.95. The molecule has 0 aromatic heterocycles. The van der Waals surface area contributed by atoms with Crippen LogP contribution in [0.15, 0.2) is 18.2 Å². The van der Waals surface area contributed by atoms with E-state index in [2.05, 4.69) is 5.32 Å². The largest absolute Gasteiger partial charge is 0.478 e. The lowest BCUT2D eigenvalue weighted by molar-refractivity contribution is -0.121. The van der Waals surface area contributed by atoms with E-state index in [1.165, 1.54) is 0 Å². The van der Waals surface area contributed by atoms with Crippen LogP contribution in [0, 0.1) is 0 Å². The van der Waals surface area contributed by atoms with Crippen molar-refractivity contribution in [3.05, 3.63) is 29.3 Å². The van der Waals surface area contributed by atoms with Gasteiger partial charge in [-0.25, -0.2) is 4.79 Å². The smallest absolute Gasteiger partial charge is 0.335 e. The third-order valence-electron chi connectivity index (χ3n) is 3.17. The highest BCUT2D eigenvalue weighted by molar-refractivity contribution is 5.90. The van der Waals surface area contributed by atoms with E-state index < -0.39 is 5.97 Å². The fourth-order valence-electron chi connectivity index (χ4n) is 2.37. The summed E-state index contributed by atoms with van der Waals surface area (Å²) < 4.78 is 0. The summed E-state index contributed by atoms with van der Waals surface area (Å²) in [7, 11) is 0. The van der Waals surface area contributed by atoms with Gasteiger partial charge in [-0.2, -0.15) is 0 Å². The second-order valence-corrected chi connectivity index (χ2v) is 6.12. The molecular formula is C15H20N2O3. The highest BCUT2D eigenvalue weighted by Crippen LogP contribution is 2.28.